The number of hydrogen-bond donors (Lipinski definition) is 0. The molecule has 0 atom stereocenters. The van der Waals surface area contributed by atoms with Crippen molar-refractivity contribution in [1.29, 1.82) is 0 Å². The lowest BCUT2D eigenvalue weighted by atomic mass is 10.0. The Bertz CT molecular complexity index is 585. The molecule has 0 unspecified atom stereocenters. The number of carbonyl (C=O) groups excluding carboxylic acids is 1. The number of nitrogens with zero attached hydrogens (tertiary/aromatic N) is 2. The van der Waals surface area contributed by atoms with E-state index in [4.69, 9.17) is 11.6 Å². The maximum absolute atomic E-state index is 12.1. The molecule has 2 aromatic rings. The fourth-order valence-corrected chi connectivity index (χ4v) is 2.09. The molecule has 94 valence electrons. The second-order valence-corrected chi connectivity index (χ2v) is 4.81. The number of rotatable bonds is 3. The second-order valence-electron chi connectivity index (χ2n) is 4.44. The van der Waals surface area contributed by atoms with Crippen molar-refractivity contribution in [3.8, 4) is 0 Å². The summed E-state index contributed by atoms with van der Waals surface area (Å²) >= 11 is 6.14. The number of hydrogen-bond acceptors (Lipinski definition) is 2. The van der Waals surface area contributed by atoms with Crippen molar-refractivity contribution in [1.82, 2.24) is 9.78 Å². The summed E-state index contributed by atoms with van der Waals surface area (Å²) in [6, 6.07) is 7.55. The molecule has 0 aliphatic heterocycles. The number of halogens is 1. The molecule has 4 heteroatoms. The van der Waals surface area contributed by atoms with E-state index in [-0.39, 0.29) is 12.2 Å². The van der Waals surface area contributed by atoms with Gasteiger partial charge in [-0.1, -0.05) is 41.4 Å². The van der Waals surface area contributed by atoms with Crippen molar-refractivity contribution >= 4 is 17.4 Å². The van der Waals surface area contributed by atoms with Gasteiger partial charge in [-0.25, -0.2) is 0 Å². The molecule has 0 aliphatic rings. The largest absolute Gasteiger partial charge is 0.294 e. The highest BCUT2D eigenvalue weighted by Gasteiger charge is 2.15. The van der Waals surface area contributed by atoms with Crippen LogP contribution >= 0.6 is 11.6 Å². The fraction of sp³-hybridized carbons (Fsp3) is 0.286. The van der Waals surface area contributed by atoms with Crippen LogP contribution in [0.15, 0.2) is 24.3 Å². The molecule has 18 heavy (non-hydrogen) atoms. The zero-order valence-electron chi connectivity index (χ0n) is 10.7. The van der Waals surface area contributed by atoms with Crippen LogP contribution in [0.2, 0.25) is 5.02 Å². The van der Waals surface area contributed by atoms with Gasteiger partial charge >= 0.3 is 0 Å². The average Bonchev–Trinajstić information content (AvgIpc) is 2.57. The van der Waals surface area contributed by atoms with Crippen LogP contribution in [0.1, 0.15) is 27.3 Å². The summed E-state index contributed by atoms with van der Waals surface area (Å²) in [5.41, 5.74) is 3.36. The zero-order chi connectivity index (χ0) is 13.3. The Morgan fingerprint density at radius 2 is 1.89 bits per heavy atom. The van der Waals surface area contributed by atoms with Gasteiger partial charge in [-0.2, -0.15) is 5.10 Å². The Labute approximate surface area is 111 Å². The van der Waals surface area contributed by atoms with Gasteiger partial charge in [0.2, 0.25) is 0 Å². The summed E-state index contributed by atoms with van der Waals surface area (Å²) in [4.78, 5) is 12.1. The minimum absolute atomic E-state index is 0.0555. The Morgan fingerprint density at radius 1 is 1.28 bits per heavy atom. The Balaban J connectivity index is 2.24. The minimum atomic E-state index is 0.0555. The molecule has 1 heterocycles. The predicted octanol–water partition coefficient (Wildman–Crippen LogP) is 3.12. The summed E-state index contributed by atoms with van der Waals surface area (Å²) in [5.74, 6) is 0.0555. The van der Waals surface area contributed by atoms with Crippen LogP contribution in [0.25, 0.3) is 0 Å². The van der Waals surface area contributed by atoms with Gasteiger partial charge in [0.25, 0.3) is 0 Å². The van der Waals surface area contributed by atoms with Crippen LogP contribution in [0, 0.1) is 13.8 Å². The third kappa shape index (κ3) is 2.46. The molecule has 3 nitrogen and oxygen atoms in total. The molecule has 0 aliphatic carbocycles. The molecule has 1 aromatic heterocycles. The lowest BCUT2D eigenvalue weighted by Gasteiger charge is -2.03. The molecule has 0 N–H and O–H groups in total. The summed E-state index contributed by atoms with van der Waals surface area (Å²) in [7, 11) is 1.80. The number of carbonyl (C=O) groups is 1. The van der Waals surface area contributed by atoms with Crippen LogP contribution in [0.4, 0.5) is 0 Å². The molecule has 0 bridgehead atoms. The first-order valence-electron chi connectivity index (χ1n) is 5.77. The molecule has 0 saturated heterocycles. The molecule has 0 spiro atoms. The summed E-state index contributed by atoms with van der Waals surface area (Å²) in [6.07, 6.45) is 0.277. The van der Waals surface area contributed by atoms with E-state index in [0.717, 1.165) is 17.0 Å². The highest BCUT2D eigenvalue weighted by Crippen LogP contribution is 2.21. The van der Waals surface area contributed by atoms with Crippen LogP contribution in [0.3, 0.4) is 0 Å². The van der Waals surface area contributed by atoms with Crippen molar-refractivity contribution in [2.45, 2.75) is 20.3 Å². The third-order valence-electron chi connectivity index (χ3n) is 2.96. The number of benzene rings is 1. The van der Waals surface area contributed by atoms with Gasteiger partial charge in [0, 0.05) is 12.6 Å². The topological polar surface area (TPSA) is 34.9 Å². The quantitative estimate of drug-likeness (QED) is 0.797. The summed E-state index contributed by atoms with van der Waals surface area (Å²) in [6.45, 7) is 3.83. The van der Waals surface area contributed by atoms with E-state index in [0.29, 0.717) is 10.6 Å². The normalized spacial score (nSPS) is 10.7. The van der Waals surface area contributed by atoms with Gasteiger partial charge in [-0.3, -0.25) is 9.48 Å². The predicted molar refractivity (Wildman–Crippen MR) is 72.2 cm³/mol. The second kappa shape index (κ2) is 4.94. The van der Waals surface area contributed by atoms with Crippen molar-refractivity contribution in [3.63, 3.8) is 0 Å². The van der Waals surface area contributed by atoms with E-state index in [1.807, 2.05) is 38.1 Å². The van der Waals surface area contributed by atoms with Crippen molar-refractivity contribution < 1.29 is 4.79 Å². The molecular weight excluding hydrogens is 248 g/mol. The van der Waals surface area contributed by atoms with E-state index in [9.17, 15) is 4.79 Å². The van der Waals surface area contributed by atoms with Gasteiger partial charge in [-0.05, 0) is 13.8 Å². The fourth-order valence-electron chi connectivity index (χ4n) is 1.87. The molecule has 0 amide bonds. The number of aryl methyl sites for hydroxylation is 3. The third-order valence-corrected chi connectivity index (χ3v) is 3.45. The summed E-state index contributed by atoms with van der Waals surface area (Å²) < 4.78 is 1.67. The maximum Gasteiger partial charge on any atom is 0.168 e. The molecule has 0 radical (unpaired) electrons. The Kier molecular flexibility index (Phi) is 3.53. The molecule has 0 fully saturated rings. The average molecular weight is 263 g/mol. The van der Waals surface area contributed by atoms with Crippen molar-refractivity contribution in [2.24, 2.45) is 7.05 Å². The smallest absolute Gasteiger partial charge is 0.168 e. The van der Waals surface area contributed by atoms with Gasteiger partial charge in [0.05, 0.1) is 22.8 Å². The SMILES string of the molecule is Cc1ccc(C(=O)Cc2c(Cl)c(C)nn2C)cc1. The zero-order valence-corrected chi connectivity index (χ0v) is 11.5. The van der Waals surface area contributed by atoms with Crippen LogP contribution < -0.4 is 0 Å². The van der Waals surface area contributed by atoms with Crippen LogP contribution in [-0.4, -0.2) is 15.6 Å². The minimum Gasteiger partial charge on any atom is -0.294 e. The van der Waals surface area contributed by atoms with E-state index < -0.39 is 0 Å². The van der Waals surface area contributed by atoms with Crippen LogP contribution in [-0.2, 0) is 13.5 Å². The monoisotopic (exact) mass is 262 g/mol. The van der Waals surface area contributed by atoms with Crippen LogP contribution in [0.5, 0.6) is 0 Å². The van der Waals surface area contributed by atoms with E-state index in [2.05, 4.69) is 5.10 Å². The van der Waals surface area contributed by atoms with Gasteiger partial charge in [0.1, 0.15) is 0 Å². The lowest BCUT2D eigenvalue weighted by molar-refractivity contribution is 0.0991. The van der Waals surface area contributed by atoms with Gasteiger partial charge in [-0.15, -0.1) is 0 Å². The first-order chi connectivity index (χ1) is 8.49. The van der Waals surface area contributed by atoms with Crippen molar-refractivity contribution in [3.05, 3.63) is 51.8 Å². The van der Waals surface area contributed by atoms with E-state index in [1.54, 1.807) is 11.7 Å². The number of aromatic nitrogens is 2. The standard InChI is InChI=1S/C14H15ClN2O/c1-9-4-6-11(7-5-9)13(18)8-12-14(15)10(2)16-17(12)3/h4-7H,8H2,1-3H3. The van der Waals surface area contributed by atoms with E-state index >= 15 is 0 Å². The first-order valence-corrected chi connectivity index (χ1v) is 6.14. The molecule has 2 rings (SSSR count). The van der Waals surface area contributed by atoms with E-state index in [1.165, 1.54) is 0 Å². The molecule has 0 saturated carbocycles. The lowest BCUT2D eigenvalue weighted by Crippen LogP contribution is -2.08. The van der Waals surface area contributed by atoms with Crippen molar-refractivity contribution in [2.75, 3.05) is 0 Å². The molecule has 1 aromatic carbocycles. The van der Waals surface area contributed by atoms with Gasteiger partial charge in [0.15, 0.2) is 5.78 Å². The highest BCUT2D eigenvalue weighted by atomic mass is 35.5. The summed E-state index contributed by atoms with van der Waals surface area (Å²) in [5, 5.41) is 4.79. The molecular formula is C14H15ClN2O. The number of Topliss-reactive ketones (excluding diaryl/α,β-unsaturated/α-hetero) is 1. The Hall–Kier alpha value is -1.61. The first kappa shape index (κ1) is 12.8. The number of ketones is 1. The highest BCUT2D eigenvalue weighted by molar-refractivity contribution is 6.32. The Morgan fingerprint density at radius 3 is 2.39 bits per heavy atom. The maximum atomic E-state index is 12.1. The van der Waals surface area contributed by atoms with Gasteiger partial charge < -0.3 is 0 Å².